The van der Waals surface area contributed by atoms with E-state index in [2.05, 4.69) is 188 Å². The Hall–Kier alpha value is -7.20. The van der Waals surface area contributed by atoms with E-state index >= 15 is 0 Å². The van der Waals surface area contributed by atoms with Gasteiger partial charge in [-0.25, -0.2) is 4.98 Å². The molecule has 57 heavy (non-hydrogen) atoms. The molecule has 3 aromatic heterocycles. The molecule has 2 nitrogen and oxygen atoms in total. The van der Waals surface area contributed by atoms with Gasteiger partial charge in [0.1, 0.15) is 0 Å². The van der Waals surface area contributed by atoms with Gasteiger partial charge in [0.2, 0.25) is 0 Å². The summed E-state index contributed by atoms with van der Waals surface area (Å²) in [4.78, 5) is 10.5. The molecule has 0 radical (unpaired) electrons. The summed E-state index contributed by atoms with van der Waals surface area (Å²) in [5, 5.41) is 13.7. The molecule has 0 atom stereocenters. The molecule has 9 aromatic carbocycles. The lowest BCUT2D eigenvalue weighted by atomic mass is 9.87. The summed E-state index contributed by atoms with van der Waals surface area (Å²) >= 11 is 1.82. The molecule has 0 aliphatic rings. The van der Waals surface area contributed by atoms with Gasteiger partial charge in [0.25, 0.3) is 0 Å². The third kappa shape index (κ3) is 4.96. The van der Waals surface area contributed by atoms with Crippen molar-refractivity contribution in [3.05, 3.63) is 194 Å². The molecule has 0 N–H and O–H groups in total. The largest absolute Gasteiger partial charge is 0.255 e. The fraction of sp³-hybridized carbons (Fsp3) is 0. The Kier molecular flexibility index (Phi) is 7.13. The zero-order valence-electron chi connectivity index (χ0n) is 30.8. The van der Waals surface area contributed by atoms with Gasteiger partial charge in [-0.1, -0.05) is 158 Å². The van der Waals surface area contributed by atoms with Gasteiger partial charge >= 0.3 is 0 Å². The fourth-order valence-electron chi connectivity index (χ4n) is 9.15. The second kappa shape index (κ2) is 12.7. The number of hydrogen-bond donors (Lipinski definition) is 0. The van der Waals surface area contributed by atoms with E-state index in [9.17, 15) is 0 Å². The highest BCUT2D eigenvalue weighted by Gasteiger charge is 2.20. The van der Waals surface area contributed by atoms with Crippen molar-refractivity contribution in [2.75, 3.05) is 0 Å². The SMILES string of the molecule is c1ccc(-c2ccc(-c3c4ccccc4c(-c4cccc(-c5ccnc6c5sc5cc7c8ccccc8c8ccccc8c7cc56)n4)c4ccccc34)cc2)cc1. The van der Waals surface area contributed by atoms with E-state index in [4.69, 9.17) is 9.97 Å². The maximum absolute atomic E-state index is 5.50. The zero-order valence-corrected chi connectivity index (χ0v) is 31.6. The van der Waals surface area contributed by atoms with Crippen LogP contribution in [-0.4, -0.2) is 9.97 Å². The van der Waals surface area contributed by atoms with Crippen LogP contribution in [0.2, 0.25) is 0 Å². The van der Waals surface area contributed by atoms with Gasteiger partial charge in [-0.05, 0) is 106 Å². The molecule has 0 fully saturated rings. The average molecular weight is 741 g/mol. The first kappa shape index (κ1) is 32.1. The smallest absolute Gasteiger partial charge is 0.0895 e. The maximum Gasteiger partial charge on any atom is 0.0895 e. The molecule has 12 aromatic rings. The van der Waals surface area contributed by atoms with Crippen LogP contribution in [0.15, 0.2) is 194 Å². The standard InChI is InChI=1S/C54H32N2S/c1-2-13-33(14-3-1)34-25-27-35(28-26-34)51-40-19-8-10-21-42(40)52(43-22-11-9-20-41(43)51)49-24-12-23-48(56-49)44-29-30-55-53-47-31-45-38-17-6-4-15-36(38)37-16-5-7-18-39(37)46(45)32-50(47)57-54(44)53/h1-32H. The van der Waals surface area contributed by atoms with Gasteiger partial charge in [-0.2, -0.15) is 0 Å². The Balaban J connectivity index is 1.04. The van der Waals surface area contributed by atoms with E-state index in [0.717, 1.165) is 32.7 Å². The van der Waals surface area contributed by atoms with E-state index in [1.54, 1.807) is 0 Å². The van der Waals surface area contributed by atoms with Crippen molar-refractivity contribution >= 4 is 85.5 Å². The summed E-state index contributed by atoms with van der Waals surface area (Å²) in [7, 11) is 0. The predicted octanol–water partition coefficient (Wildman–Crippen LogP) is 15.3. The summed E-state index contributed by atoms with van der Waals surface area (Å²) < 4.78 is 2.39. The number of aromatic nitrogens is 2. The monoisotopic (exact) mass is 740 g/mol. The first-order valence-corrected chi connectivity index (χ1v) is 20.2. The average Bonchev–Trinajstić information content (AvgIpc) is 3.66. The summed E-state index contributed by atoms with van der Waals surface area (Å²) in [6.07, 6.45) is 1.95. The van der Waals surface area contributed by atoms with Crippen molar-refractivity contribution in [2.45, 2.75) is 0 Å². The van der Waals surface area contributed by atoms with Crippen molar-refractivity contribution < 1.29 is 0 Å². The minimum atomic E-state index is 0.945. The molecule has 0 spiro atoms. The molecular weight excluding hydrogens is 709 g/mol. The molecular formula is C54H32N2S. The lowest BCUT2D eigenvalue weighted by Crippen LogP contribution is -1.94. The molecule has 0 amide bonds. The second-order valence-electron chi connectivity index (χ2n) is 14.8. The number of rotatable bonds is 4. The van der Waals surface area contributed by atoms with Gasteiger partial charge in [-0.3, -0.25) is 4.98 Å². The number of fused-ring (bicyclic) bond motifs is 11. The minimum Gasteiger partial charge on any atom is -0.255 e. The normalized spacial score (nSPS) is 11.9. The Labute approximate surface area is 333 Å². The van der Waals surface area contributed by atoms with Crippen LogP contribution >= 0.6 is 11.3 Å². The second-order valence-corrected chi connectivity index (χ2v) is 15.9. The van der Waals surface area contributed by atoms with Gasteiger partial charge < -0.3 is 0 Å². The molecule has 12 rings (SSSR count). The first-order valence-electron chi connectivity index (χ1n) is 19.4. The Morgan fingerprint density at radius 2 is 0.825 bits per heavy atom. The van der Waals surface area contributed by atoms with Crippen LogP contribution in [0, 0.1) is 0 Å². The Bertz CT molecular complexity index is 3510. The predicted molar refractivity (Wildman–Crippen MR) is 244 cm³/mol. The van der Waals surface area contributed by atoms with Crippen molar-refractivity contribution in [2.24, 2.45) is 0 Å². The molecule has 0 aliphatic heterocycles. The molecule has 3 heterocycles. The quantitative estimate of drug-likeness (QED) is 0.133. The number of benzene rings is 9. The molecule has 0 aliphatic carbocycles. The highest BCUT2D eigenvalue weighted by atomic mass is 32.1. The van der Waals surface area contributed by atoms with Crippen molar-refractivity contribution in [3.8, 4) is 44.8 Å². The van der Waals surface area contributed by atoms with Gasteiger partial charge in [0, 0.05) is 27.4 Å². The third-order valence-electron chi connectivity index (χ3n) is 11.7. The van der Waals surface area contributed by atoms with Crippen LogP contribution in [-0.2, 0) is 0 Å². The summed E-state index contributed by atoms with van der Waals surface area (Å²) in [6, 6.07) is 68.1. The topological polar surface area (TPSA) is 25.8 Å². The van der Waals surface area contributed by atoms with Gasteiger partial charge in [0.15, 0.2) is 0 Å². The van der Waals surface area contributed by atoms with E-state index < -0.39 is 0 Å². The number of nitrogens with zero attached hydrogens (tertiary/aromatic N) is 2. The van der Waals surface area contributed by atoms with Crippen LogP contribution in [0.4, 0.5) is 0 Å². The Morgan fingerprint density at radius 1 is 0.333 bits per heavy atom. The zero-order chi connectivity index (χ0) is 37.5. The van der Waals surface area contributed by atoms with E-state index in [0.29, 0.717) is 0 Å². The molecule has 264 valence electrons. The molecule has 3 heteroatoms. The lowest BCUT2D eigenvalue weighted by molar-refractivity contribution is 1.33. The summed E-state index contributed by atoms with van der Waals surface area (Å²) in [5.41, 5.74) is 10.1. The van der Waals surface area contributed by atoms with Crippen molar-refractivity contribution in [1.82, 2.24) is 9.97 Å². The number of pyridine rings is 2. The third-order valence-corrected chi connectivity index (χ3v) is 12.9. The number of thiophene rings is 1. The molecule has 0 unspecified atom stereocenters. The van der Waals surface area contributed by atoms with Gasteiger partial charge in [-0.15, -0.1) is 11.3 Å². The molecule has 0 saturated heterocycles. The summed E-state index contributed by atoms with van der Waals surface area (Å²) in [6.45, 7) is 0. The maximum atomic E-state index is 5.50. The lowest BCUT2D eigenvalue weighted by Gasteiger charge is -2.18. The van der Waals surface area contributed by atoms with Crippen LogP contribution in [0.5, 0.6) is 0 Å². The highest BCUT2D eigenvalue weighted by Crippen LogP contribution is 2.46. The van der Waals surface area contributed by atoms with Crippen LogP contribution < -0.4 is 0 Å². The van der Waals surface area contributed by atoms with E-state index in [1.807, 2.05) is 17.5 Å². The van der Waals surface area contributed by atoms with Crippen LogP contribution in [0.3, 0.4) is 0 Å². The summed E-state index contributed by atoms with van der Waals surface area (Å²) in [5.74, 6) is 0. The first-order chi connectivity index (χ1) is 28.3. The van der Waals surface area contributed by atoms with E-state index in [-0.39, 0.29) is 0 Å². The van der Waals surface area contributed by atoms with E-state index in [1.165, 1.54) is 86.2 Å². The molecule has 0 bridgehead atoms. The fourth-order valence-corrected chi connectivity index (χ4v) is 10.4. The van der Waals surface area contributed by atoms with Gasteiger partial charge in [0.05, 0.1) is 21.6 Å². The van der Waals surface area contributed by atoms with Crippen LogP contribution in [0.1, 0.15) is 0 Å². The molecule has 0 saturated carbocycles. The minimum absolute atomic E-state index is 0.945. The number of hydrogen-bond acceptors (Lipinski definition) is 3. The Morgan fingerprint density at radius 3 is 1.46 bits per heavy atom. The van der Waals surface area contributed by atoms with Crippen molar-refractivity contribution in [1.29, 1.82) is 0 Å². The van der Waals surface area contributed by atoms with Crippen molar-refractivity contribution in [3.63, 3.8) is 0 Å². The van der Waals surface area contributed by atoms with Crippen LogP contribution in [0.25, 0.3) is 119 Å². The highest BCUT2D eigenvalue weighted by molar-refractivity contribution is 7.26.